The van der Waals surface area contributed by atoms with Crippen LogP contribution in [0.1, 0.15) is 31.7 Å². The number of hydrogen-bond donors (Lipinski definition) is 0. The molecule has 0 spiro atoms. The molecule has 1 aliphatic carbocycles. The Labute approximate surface area is 106 Å². The summed E-state index contributed by atoms with van der Waals surface area (Å²) < 4.78 is 7.29. The fourth-order valence-corrected chi connectivity index (χ4v) is 2.64. The van der Waals surface area contributed by atoms with Crippen molar-refractivity contribution in [3.8, 4) is 0 Å². The molecule has 0 radical (unpaired) electrons. The molecule has 1 atom stereocenters. The van der Waals surface area contributed by atoms with E-state index in [9.17, 15) is 0 Å². The van der Waals surface area contributed by atoms with Gasteiger partial charge in [0.05, 0.1) is 0 Å². The van der Waals surface area contributed by atoms with Gasteiger partial charge in [0.2, 0.25) is 0 Å². The zero-order valence-corrected chi connectivity index (χ0v) is 11.6. The fourth-order valence-electron chi connectivity index (χ4n) is 1.53. The Morgan fingerprint density at radius 3 is 2.47 bits per heavy atom. The van der Waals surface area contributed by atoms with Crippen molar-refractivity contribution in [1.82, 2.24) is 9.97 Å². The highest BCUT2D eigenvalue weighted by molar-refractivity contribution is 9.11. The van der Waals surface area contributed by atoms with Gasteiger partial charge in [0.15, 0.2) is 5.82 Å². The molecule has 0 aliphatic heterocycles. The number of aromatic nitrogens is 2. The highest BCUT2D eigenvalue weighted by atomic mass is 79.9. The van der Waals surface area contributed by atoms with Crippen LogP contribution in [0.4, 0.5) is 0 Å². The monoisotopic (exact) mass is 334 g/mol. The molecule has 1 aromatic heterocycles. The van der Waals surface area contributed by atoms with Crippen LogP contribution in [-0.4, -0.2) is 16.6 Å². The summed E-state index contributed by atoms with van der Waals surface area (Å²) >= 11 is 6.73. The van der Waals surface area contributed by atoms with E-state index < -0.39 is 0 Å². The van der Waals surface area contributed by atoms with Crippen LogP contribution in [0.3, 0.4) is 0 Å². The van der Waals surface area contributed by atoms with Crippen LogP contribution in [-0.2, 0) is 4.74 Å². The van der Waals surface area contributed by atoms with Gasteiger partial charge in [0, 0.05) is 12.7 Å². The molecule has 1 heterocycles. The van der Waals surface area contributed by atoms with Gasteiger partial charge in [-0.05, 0) is 57.5 Å². The van der Waals surface area contributed by atoms with Crippen LogP contribution in [0.5, 0.6) is 0 Å². The summed E-state index contributed by atoms with van der Waals surface area (Å²) in [6, 6.07) is 1.83. The lowest BCUT2D eigenvalue weighted by atomic mass is 10.2. The maximum Gasteiger partial charge on any atom is 0.159 e. The minimum atomic E-state index is 0.0591. The van der Waals surface area contributed by atoms with Crippen molar-refractivity contribution in [2.24, 2.45) is 5.92 Å². The summed E-state index contributed by atoms with van der Waals surface area (Å²) in [5.74, 6) is 1.38. The summed E-state index contributed by atoms with van der Waals surface area (Å²) in [4.78, 5) is 8.73. The van der Waals surface area contributed by atoms with E-state index in [4.69, 9.17) is 4.74 Å². The van der Waals surface area contributed by atoms with E-state index in [2.05, 4.69) is 41.8 Å². The molecule has 1 fully saturated rings. The molecule has 2 rings (SSSR count). The number of ether oxygens (including phenoxy) is 1. The van der Waals surface area contributed by atoms with E-state index in [0.29, 0.717) is 12.5 Å². The average molecular weight is 336 g/mol. The zero-order chi connectivity index (χ0) is 10.8. The first-order valence-electron chi connectivity index (χ1n) is 5.02. The zero-order valence-electron chi connectivity index (χ0n) is 8.41. The van der Waals surface area contributed by atoms with E-state index in [1.165, 1.54) is 12.8 Å². The summed E-state index contributed by atoms with van der Waals surface area (Å²) in [6.45, 7) is 2.71. The van der Waals surface area contributed by atoms with Gasteiger partial charge in [-0.1, -0.05) is 0 Å². The molecule has 0 bridgehead atoms. The number of rotatable bonds is 4. The average Bonchev–Trinajstić information content (AvgIpc) is 2.95. The molecule has 0 saturated heterocycles. The normalized spacial score (nSPS) is 17.8. The molecular weight excluding hydrogens is 324 g/mol. The van der Waals surface area contributed by atoms with Crippen molar-refractivity contribution in [3.05, 3.63) is 21.1 Å². The van der Waals surface area contributed by atoms with Gasteiger partial charge >= 0.3 is 0 Å². The highest BCUT2D eigenvalue weighted by Gasteiger charge is 2.35. The minimum Gasteiger partial charge on any atom is -0.370 e. The Morgan fingerprint density at radius 2 is 2.00 bits per heavy atom. The van der Waals surface area contributed by atoms with Crippen LogP contribution in [0.15, 0.2) is 15.3 Å². The summed E-state index contributed by atoms with van der Waals surface area (Å²) in [5.41, 5.74) is 0. The molecule has 0 aromatic carbocycles. The van der Waals surface area contributed by atoms with Crippen LogP contribution < -0.4 is 0 Å². The van der Waals surface area contributed by atoms with Crippen molar-refractivity contribution in [2.45, 2.75) is 25.9 Å². The van der Waals surface area contributed by atoms with E-state index in [-0.39, 0.29) is 6.10 Å². The molecule has 1 aromatic rings. The second-order valence-corrected chi connectivity index (χ2v) is 5.21. The third-order valence-corrected chi connectivity index (χ3v) is 3.14. The molecule has 1 aliphatic rings. The van der Waals surface area contributed by atoms with Gasteiger partial charge in [-0.25, -0.2) is 9.97 Å². The number of hydrogen-bond acceptors (Lipinski definition) is 3. The maximum absolute atomic E-state index is 5.70. The second-order valence-electron chi connectivity index (χ2n) is 3.58. The van der Waals surface area contributed by atoms with E-state index in [1.807, 2.05) is 13.0 Å². The van der Waals surface area contributed by atoms with Crippen LogP contribution in [0.2, 0.25) is 0 Å². The van der Waals surface area contributed by atoms with Crippen molar-refractivity contribution in [3.63, 3.8) is 0 Å². The Hall–Kier alpha value is -0.0000000000000000555. The lowest BCUT2D eigenvalue weighted by molar-refractivity contribution is 0.0398. The van der Waals surface area contributed by atoms with Crippen molar-refractivity contribution >= 4 is 31.9 Å². The second kappa shape index (κ2) is 4.89. The van der Waals surface area contributed by atoms with Gasteiger partial charge in [-0.2, -0.15) is 0 Å². The smallest absolute Gasteiger partial charge is 0.159 e. The quantitative estimate of drug-likeness (QED) is 0.790. The first kappa shape index (κ1) is 11.5. The van der Waals surface area contributed by atoms with E-state index in [1.54, 1.807) is 0 Å². The van der Waals surface area contributed by atoms with Crippen molar-refractivity contribution in [2.75, 3.05) is 6.61 Å². The molecule has 82 valence electrons. The Bertz CT molecular complexity index is 335. The van der Waals surface area contributed by atoms with Gasteiger partial charge < -0.3 is 4.74 Å². The van der Waals surface area contributed by atoms with E-state index >= 15 is 0 Å². The minimum absolute atomic E-state index is 0.0591. The fraction of sp³-hybridized carbons (Fsp3) is 0.600. The Kier molecular flexibility index (Phi) is 3.74. The van der Waals surface area contributed by atoms with E-state index in [0.717, 1.165) is 15.0 Å². The lowest BCUT2D eigenvalue weighted by Crippen LogP contribution is -2.11. The first-order valence-corrected chi connectivity index (χ1v) is 6.61. The SMILES string of the molecule is CCOC(c1nc(Br)cc(Br)n1)C1CC1. The van der Waals surface area contributed by atoms with Gasteiger partial charge in [0.1, 0.15) is 15.3 Å². The number of nitrogens with zero attached hydrogens (tertiary/aromatic N) is 2. The predicted octanol–water partition coefficient (Wildman–Crippen LogP) is 3.49. The first-order chi connectivity index (χ1) is 7.20. The van der Waals surface area contributed by atoms with Crippen LogP contribution in [0, 0.1) is 5.92 Å². The Balaban J connectivity index is 2.24. The molecule has 1 saturated carbocycles. The summed E-state index contributed by atoms with van der Waals surface area (Å²) in [6.07, 6.45) is 2.50. The topological polar surface area (TPSA) is 35.0 Å². The predicted molar refractivity (Wildman–Crippen MR) is 64.5 cm³/mol. The lowest BCUT2D eigenvalue weighted by Gasteiger charge is -2.15. The molecule has 5 heteroatoms. The van der Waals surface area contributed by atoms with Crippen molar-refractivity contribution < 1.29 is 4.74 Å². The third-order valence-electron chi connectivity index (χ3n) is 2.33. The maximum atomic E-state index is 5.70. The van der Waals surface area contributed by atoms with Gasteiger partial charge in [-0.3, -0.25) is 0 Å². The van der Waals surface area contributed by atoms with Gasteiger partial charge in [-0.15, -0.1) is 0 Å². The number of halogens is 2. The van der Waals surface area contributed by atoms with Crippen LogP contribution >= 0.6 is 31.9 Å². The molecule has 0 amide bonds. The third kappa shape index (κ3) is 2.98. The molecule has 15 heavy (non-hydrogen) atoms. The Morgan fingerprint density at radius 1 is 1.40 bits per heavy atom. The molecular formula is C10H12Br2N2O. The summed E-state index contributed by atoms with van der Waals surface area (Å²) in [5, 5.41) is 0. The molecule has 3 nitrogen and oxygen atoms in total. The van der Waals surface area contributed by atoms with Crippen molar-refractivity contribution in [1.29, 1.82) is 0 Å². The largest absolute Gasteiger partial charge is 0.370 e. The standard InChI is InChI=1S/C10H12Br2N2O/c1-2-15-9(6-3-4-6)10-13-7(11)5-8(12)14-10/h5-6,9H,2-4H2,1H3. The van der Waals surface area contributed by atoms with Gasteiger partial charge in [0.25, 0.3) is 0 Å². The van der Waals surface area contributed by atoms with Crippen LogP contribution in [0.25, 0.3) is 0 Å². The molecule has 1 unspecified atom stereocenters. The molecule has 0 N–H and O–H groups in total. The highest BCUT2D eigenvalue weighted by Crippen LogP contribution is 2.42. The summed E-state index contributed by atoms with van der Waals surface area (Å²) in [7, 11) is 0.